The summed E-state index contributed by atoms with van der Waals surface area (Å²) in [6, 6.07) is 10.2. The predicted molar refractivity (Wildman–Crippen MR) is 98.9 cm³/mol. The first-order valence-corrected chi connectivity index (χ1v) is 8.88. The molecule has 1 atom stereocenters. The van der Waals surface area contributed by atoms with E-state index in [1.807, 2.05) is 12.1 Å². The highest BCUT2D eigenvalue weighted by Crippen LogP contribution is 2.29. The second-order valence-electron chi connectivity index (χ2n) is 6.52. The SMILES string of the molecule is CC(=O)NC(C(=O)Nc1cccc(Oc2ccncc2)c1)C1CCCC1. The van der Waals surface area contributed by atoms with Gasteiger partial charge in [-0.25, -0.2) is 0 Å². The Balaban J connectivity index is 1.69. The van der Waals surface area contributed by atoms with Gasteiger partial charge in [0, 0.05) is 31.1 Å². The molecule has 1 aliphatic carbocycles. The molecule has 2 aromatic rings. The Morgan fingerprint density at radius 1 is 1.12 bits per heavy atom. The van der Waals surface area contributed by atoms with Gasteiger partial charge in [0.15, 0.2) is 0 Å². The average molecular weight is 353 g/mol. The van der Waals surface area contributed by atoms with E-state index in [1.54, 1.807) is 36.7 Å². The minimum absolute atomic E-state index is 0.187. The summed E-state index contributed by atoms with van der Waals surface area (Å²) in [4.78, 5) is 28.2. The van der Waals surface area contributed by atoms with Gasteiger partial charge in [0.1, 0.15) is 17.5 Å². The summed E-state index contributed by atoms with van der Waals surface area (Å²) < 4.78 is 5.76. The van der Waals surface area contributed by atoms with Crippen LogP contribution in [0.25, 0.3) is 0 Å². The summed E-state index contributed by atoms with van der Waals surface area (Å²) >= 11 is 0. The maximum Gasteiger partial charge on any atom is 0.247 e. The topological polar surface area (TPSA) is 80.3 Å². The smallest absolute Gasteiger partial charge is 0.247 e. The third-order valence-corrected chi connectivity index (χ3v) is 4.50. The van der Waals surface area contributed by atoms with Crippen LogP contribution in [0.2, 0.25) is 0 Å². The molecule has 136 valence electrons. The predicted octanol–water partition coefficient (Wildman–Crippen LogP) is 3.51. The Kier molecular flexibility index (Phi) is 5.84. The molecule has 0 aliphatic heterocycles. The van der Waals surface area contributed by atoms with E-state index < -0.39 is 6.04 Å². The first kappa shape index (κ1) is 17.9. The molecule has 2 amide bonds. The number of hydrogen-bond acceptors (Lipinski definition) is 4. The molecule has 1 aromatic carbocycles. The lowest BCUT2D eigenvalue weighted by Crippen LogP contribution is -2.47. The standard InChI is InChI=1S/C20H23N3O3/c1-14(24)22-19(15-5-2-3-6-15)20(25)23-16-7-4-8-18(13-16)26-17-9-11-21-12-10-17/h4,7-13,15,19H,2-3,5-6H2,1H3,(H,22,24)(H,23,25). The van der Waals surface area contributed by atoms with Crippen LogP contribution in [0.15, 0.2) is 48.8 Å². The maximum absolute atomic E-state index is 12.7. The molecule has 6 nitrogen and oxygen atoms in total. The van der Waals surface area contributed by atoms with Crippen LogP contribution >= 0.6 is 0 Å². The summed E-state index contributed by atoms with van der Waals surface area (Å²) in [6.07, 6.45) is 7.43. The molecule has 2 N–H and O–H groups in total. The minimum atomic E-state index is -0.500. The third kappa shape index (κ3) is 4.81. The highest BCUT2D eigenvalue weighted by atomic mass is 16.5. The molecule has 1 aliphatic rings. The largest absolute Gasteiger partial charge is 0.457 e. The zero-order chi connectivity index (χ0) is 18.4. The second kappa shape index (κ2) is 8.47. The van der Waals surface area contributed by atoms with Crippen LogP contribution in [0.4, 0.5) is 5.69 Å². The van der Waals surface area contributed by atoms with Crippen LogP contribution in [0.3, 0.4) is 0 Å². The number of nitrogens with one attached hydrogen (secondary N) is 2. The molecule has 1 unspecified atom stereocenters. The number of nitrogens with zero attached hydrogens (tertiary/aromatic N) is 1. The zero-order valence-corrected chi connectivity index (χ0v) is 14.8. The molecule has 0 saturated heterocycles. The number of pyridine rings is 1. The Morgan fingerprint density at radius 3 is 2.54 bits per heavy atom. The molecule has 0 radical (unpaired) electrons. The van der Waals surface area contributed by atoms with E-state index in [0.717, 1.165) is 25.7 Å². The molecule has 1 heterocycles. The Bertz CT molecular complexity index is 758. The van der Waals surface area contributed by atoms with Crippen LogP contribution < -0.4 is 15.4 Å². The van der Waals surface area contributed by atoms with Gasteiger partial charge in [-0.2, -0.15) is 0 Å². The number of ether oxygens (including phenoxy) is 1. The first-order chi connectivity index (χ1) is 12.6. The van der Waals surface area contributed by atoms with Crippen LogP contribution in [0.1, 0.15) is 32.6 Å². The number of amides is 2. The van der Waals surface area contributed by atoms with Crippen LogP contribution in [-0.4, -0.2) is 22.8 Å². The van der Waals surface area contributed by atoms with Crippen LogP contribution in [0, 0.1) is 5.92 Å². The number of aromatic nitrogens is 1. The monoisotopic (exact) mass is 353 g/mol. The van der Waals surface area contributed by atoms with Gasteiger partial charge in [-0.3, -0.25) is 14.6 Å². The fraction of sp³-hybridized carbons (Fsp3) is 0.350. The molecule has 1 aromatic heterocycles. The molecule has 1 fully saturated rings. The van der Waals surface area contributed by atoms with Gasteiger partial charge in [0.05, 0.1) is 0 Å². The van der Waals surface area contributed by atoms with Gasteiger partial charge in [-0.1, -0.05) is 18.9 Å². The lowest BCUT2D eigenvalue weighted by atomic mass is 9.97. The van der Waals surface area contributed by atoms with E-state index in [2.05, 4.69) is 15.6 Å². The molecular weight excluding hydrogens is 330 g/mol. The van der Waals surface area contributed by atoms with E-state index in [9.17, 15) is 9.59 Å². The number of anilines is 1. The molecule has 26 heavy (non-hydrogen) atoms. The summed E-state index contributed by atoms with van der Waals surface area (Å²) in [7, 11) is 0. The fourth-order valence-electron chi connectivity index (χ4n) is 3.31. The van der Waals surface area contributed by atoms with Crippen molar-refractivity contribution in [1.82, 2.24) is 10.3 Å². The quantitative estimate of drug-likeness (QED) is 0.833. The molecule has 0 spiro atoms. The summed E-state index contributed by atoms with van der Waals surface area (Å²) in [5, 5.41) is 5.71. The van der Waals surface area contributed by atoms with Gasteiger partial charge in [-0.05, 0) is 43.0 Å². The highest BCUT2D eigenvalue weighted by molar-refractivity contribution is 5.97. The van der Waals surface area contributed by atoms with Crippen molar-refractivity contribution in [3.8, 4) is 11.5 Å². The van der Waals surface area contributed by atoms with Crippen molar-refractivity contribution in [3.05, 3.63) is 48.8 Å². The summed E-state index contributed by atoms with van der Waals surface area (Å²) in [6.45, 7) is 1.44. The highest BCUT2D eigenvalue weighted by Gasteiger charge is 2.31. The van der Waals surface area contributed by atoms with Crippen molar-refractivity contribution in [2.75, 3.05) is 5.32 Å². The Morgan fingerprint density at radius 2 is 1.85 bits per heavy atom. The number of benzene rings is 1. The first-order valence-electron chi connectivity index (χ1n) is 8.88. The van der Waals surface area contributed by atoms with Gasteiger partial charge >= 0.3 is 0 Å². The molecule has 6 heteroatoms. The number of rotatable bonds is 6. The summed E-state index contributed by atoms with van der Waals surface area (Å²) in [5.74, 6) is 1.10. The Hall–Kier alpha value is -2.89. The van der Waals surface area contributed by atoms with Crippen LogP contribution in [0.5, 0.6) is 11.5 Å². The van der Waals surface area contributed by atoms with Crippen LogP contribution in [-0.2, 0) is 9.59 Å². The lowest BCUT2D eigenvalue weighted by Gasteiger charge is -2.23. The zero-order valence-electron chi connectivity index (χ0n) is 14.8. The molecular formula is C20H23N3O3. The van der Waals surface area contributed by atoms with E-state index in [1.165, 1.54) is 6.92 Å². The van der Waals surface area contributed by atoms with Gasteiger partial charge in [0.25, 0.3) is 0 Å². The van der Waals surface area contributed by atoms with E-state index in [4.69, 9.17) is 4.74 Å². The number of carbonyl (C=O) groups is 2. The van der Waals surface area contributed by atoms with Crippen molar-refractivity contribution in [3.63, 3.8) is 0 Å². The lowest BCUT2D eigenvalue weighted by molar-refractivity contribution is -0.126. The van der Waals surface area contributed by atoms with Gasteiger partial charge < -0.3 is 15.4 Å². The van der Waals surface area contributed by atoms with Gasteiger partial charge in [0.2, 0.25) is 11.8 Å². The normalized spacial score (nSPS) is 15.3. The third-order valence-electron chi connectivity index (χ3n) is 4.50. The fourth-order valence-corrected chi connectivity index (χ4v) is 3.31. The van der Waals surface area contributed by atoms with Crippen molar-refractivity contribution >= 4 is 17.5 Å². The minimum Gasteiger partial charge on any atom is -0.457 e. The van der Waals surface area contributed by atoms with Crippen molar-refractivity contribution in [2.45, 2.75) is 38.6 Å². The molecule has 3 rings (SSSR count). The number of hydrogen-bond donors (Lipinski definition) is 2. The molecule has 1 saturated carbocycles. The average Bonchev–Trinajstić information content (AvgIpc) is 3.15. The van der Waals surface area contributed by atoms with Gasteiger partial charge in [-0.15, -0.1) is 0 Å². The van der Waals surface area contributed by atoms with E-state index in [0.29, 0.717) is 17.2 Å². The van der Waals surface area contributed by atoms with Crippen molar-refractivity contribution in [2.24, 2.45) is 5.92 Å². The van der Waals surface area contributed by atoms with E-state index >= 15 is 0 Å². The maximum atomic E-state index is 12.7. The van der Waals surface area contributed by atoms with E-state index in [-0.39, 0.29) is 17.7 Å². The molecule has 0 bridgehead atoms. The second-order valence-corrected chi connectivity index (χ2v) is 6.52. The summed E-state index contributed by atoms with van der Waals surface area (Å²) in [5.41, 5.74) is 0.634. The van der Waals surface area contributed by atoms with Crippen molar-refractivity contribution in [1.29, 1.82) is 0 Å². The Labute approximate surface area is 153 Å². The number of carbonyl (C=O) groups excluding carboxylic acids is 2. The van der Waals surface area contributed by atoms with Crippen molar-refractivity contribution < 1.29 is 14.3 Å².